The molecule has 0 atom stereocenters. The van der Waals surface area contributed by atoms with Crippen molar-refractivity contribution in [2.75, 3.05) is 5.73 Å². The molecule has 0 unspecified atom stereocenters. The number of anilines is 1. The van der Waals surface area contributed by atoms with Crippen molar-refractivity contribution in [3.05, 3.63) is 10.3 Å². The third kappa shape index (κ3) is 2.17. The number of hydrogen-bond donors (Lipinski definition) is 2. The summed E-state index contributed by atoms with van der Waals surface area (Å²) < 4.78 is 4.76. The van der Waals surface area contributed by atoms with Gasteiger partial charge in [-0.3, -0.25) is 0 Å². The predicted octanol–water partition coefficient (Wildman–Crippen LogP) is 1.76. The molecule has 1 aliphatic rings. The Balaban J connectivity index is 2.37. The van der Waals surface area contributed by atoms with Crippen LogP contribution in [0.2, 0.25) is 0 Å². The molecule has 0 amide bonds. The van der Waals surface area contributed by atoms with E-state index >= 15 is 0 Å². The lowest BCUT2D eigenvalue weighted by atomic mass is 10.4. The summed E-state index contributed by atoms with van der Waals surface area (Å²) in [4.78, 5) is 18.4. The van der Waals surface area contributed by atoms with Crippen molar-refractivity contribution in [3.8, 4) is 5.88 Å². The molecule has 1 fully saturated rings. The Hall–Kier alpha value is -1.37. The van der Waals surface area contributed by atoms with Gasteiger partial charge < -0.3 is 15.6 Å². The number of carbonyl (C=O) groups is 1. The van der Waals surface area contributed by atoms with E-state index in [4.69, 9.17) is 10.8 Å². The van der Waals surface area contributed by atoms with Crippen LogP contribution in [0.5, 0.6) is 5.88 Å². The smallest absolute Gasteiger partial charge is 0.449 e. The summed E-state index contributed by atoms with van der Waals surface area (Å²) in [5.41, 5.74) is 5.59. The molecule has 0 aliphatic heterocycles. The third-order valence-corrected chi connectivity index (χ3v) is 2.74. The molecule has 0 bridgehead atoms. The van der Waals surface area contributed by atoms with Crippen molar-refractivity contribution in [2.45, 2.75) is 18.8 Å². The van der Waals surface area contributed by atoms with Gasteiger partial charge in [-0.1, -0.05) is 0 Å². The van der Waals surface area contributed by atoms with E-state index in [-0.39, 0.29) is 22.1 Å². The van der Waals surface area contributed by atoms with Crippen LogP contribution in [0.25, 0.3) is 0 Å². The maximum Gasteiger partial charge on any atom is 0.512 e. The van der Waals surface area contributed by atoms with Gasteiger partial charge in [0.1, 0.15) is 16.1 Å². The van der Waals surface area contributed by atoms with E-state index in [1.165, 1.54) is 0 Å². The highest BCUT2D eigenvalue weighted by atomic mass is 79.9. The lowest BCUT2D eigenvalue weighted by Crippen LogP contribution is -2.09. The van der Waals surface area contributed by atoms with Crippen molar-refractivity contribution in [1.29, 1.82) is 0 Å². The number of rotatable bonds is 2. The van der Waals surface area contributed by atoms with Crippen LogP contribution < -0.4 is 10.5 Å². The van der Waals surface area contributed by atoms with Gasteiger partial charge in [-0.05, 0) is 28.8 Å². The van der Waals surface area contributed by atoms with Crippen molar-refractivity contribution < 1.29 is 14.6 Å². The number of nitrogens with two attached hydrogens (primary N) is 1. The first-order chi connectivity index (χ1) is 7.08. The monoisotopic (exact) mass is 273 g/mol. The standard InChI is InChI=1S/C8H8BrN3O3/c9-4-5(10)11-6(3-1-2-3)12-7(4)15-8(13)14/h3H,1-2H2,(H,13,14)(H2,10,11,12). The highest BCUT2D eigenvalue weighted by molar-refractivity contribution is 9.10. The summed E-state index contributed by atoms with van der Waals surface area (Å²) in [5.74, 6) is 0.989. The summed E-state index contributed by atoms with van der Waals surface area (Å²) in [5, 5.41) is 8.48. The van der Waals surface area contributed by atoms with E-state index in [1.807, 2.05) is 0 Å². The number of carboxylic acid groups (broad SMARTS) is 1. The molecule has 6 nitrogen and oxygen atoms in total. The largest absolute Gasteiger partial charge is 0.512 e. The molecule has 1 heterocycles. The average molecular weight is 274 g/mol. The van der Waals surface area contributed by atoms with Crippen molar-refractivity contribution in [1.82, 2.24) is 9.97 Å². The van der Waals surface area contributed by atoms with E-state index in [2.05, 4.69) is 30.6 Å². The molecule has 2 rings (SSSR count). The van der Waals surface area contributed by atoms with E-state index in [9.17, 15) is 4.79 Å². The van der Waals surface area contributed by atoms with Crippen LogP contribution in [0.15, 0.2) is 4.47 Å². The Labute approximate surface area is 93.6 Å². The van der Waals surface area contributed by atoms with Gasteiger partial charge in [-0.2, -0.15) is 4.98 Å². The number of nitrogens with zero attached hydrogens (tertiary/aromatic N) is 2. The fourth-order valence-electron chi connectivity index (χ4n) is 1.13. The molecule has 1 saturated carbocycles. The van der Waals surface area contributed by atoms with Crippen LogP contribution in [-0.2, 0) is 0 Å². The van der Waals surface area contributed by atoms with E-state index in [0.717, 1.165) is 12.8 Å². The van der Waals surface area contributed by atoms with Gasteiger partial charge in [0.25, 0.3) is 0 Å². The van der Waals surface area contributed by atoms with Crippen LogP contribution >= 0.6 is 15.9 Å². The predicted molar refractivity (Wildman–Crippen MR) is 54.8 cm³/mol. The Kier molecular flexibility index (Phi) is 2.47. The number of hydrogen-bond acceptors (Lipinski definition) is 5. The van der Waals surface area contributed by atoms with E-state index in [0.29, 0.717) is 5.82 Å². The minimum Gasteiger partial charge on any atom is -0.449 e. The fourth-order valence-corrected chi connectivity index (χ4v) is 1.39. The van der Waals surface area contributed by atoms with Gasteiger partial charge in [-0.25, -0.2) is 9.78 Å². The second-order valence-corrected chi connectivity index (χ2v) is 4.02. The van der Waals surface area contributed by atoms with Gasteiger partial charge in [0.15, 0.2) is 0 Å². The molecule has 0 aromatic carbocycles. The zero-order chi connectivity index (χ0) is 11.0. The first kappa shape index (κ1) is 10.2. The van der Waals surface area contributed by atoms with Crippen LogP contribution in [0.4, 0.5) is 10.6 Å². The van der Waals surface area contributed by atoms with Crippen LogP contribution in [0.1, 0.15) is 24.6 Å². The second-order valence-electron chi connectivity index (χ2n) is 3.23. The molecule has 0 radical (unpaired) electrons. The van der Waals surface area contributed by atoms with Crippen molar-refractivity contribution in [3.63, 3.8) is 0 Å². The summed E-state index contributed by atoms with van der Waals surface area (Å²) in [6.45, 7) is 0. The summed E-state index contributed by atoms with van der Waals surface area (Å²) >= 11 is 3.07. The van der Waals surface area contributed by atoms with Gasteiger partial charge in [0, 0.05) is 5.92 Å². The van der Waals surface area contributed by atoms with E-state index < -0.39 is 6.16 Å². The molecule has 1 aliphatic carbocycles. The van der Waals surface area contributed by atoms with Crippen molar-refractivity contribution in [2.24, 2.45) is 0 Å². The number of halogens is 1. The molecule has 0 spiro atoms. The summed E-state index contributed by atoms with van der Waals surface area (Å²) in [7, 11) is 0. The zero-order valence-electron chi connectivity index (χ0n) is 7.61. The second kappa shape index (κ2) is 3.65. The minimum atomic E-state index is -1.42. The topological polar surface area (TPSA) is 98.3 Å². The normalized spacial score (nSPS) is 15.0. The Morgan fingerprint density at radius 1 is 1.53 bits per heavy atom. The number of ether oxygens (including phenoxy) is 1. The average Bonchev–Trinajstić information content (AvgIpc) is 2.94. The van der Waals surface area contributed by atoms with Gasteiger partial charge in [-0.15, -0.1) is 0 Å². The molecule has 7 heteroatoms. The highest BCUT2D eigenvalue weighted by Gasteiger charge is 2.28. The number of nitrogen functional groups attached to an aromatic ring is 1. The maximum atomic E-state index is 10.4. The highest BCUT2D eigenvalue weighted by Crippen LogP contribution is 2.40. The molecule has 1 aromatic rings. The Morgan fingerprint density at radius 2 is 2.20 bits per heavy atom. The third-order valence-electron chi connectivity index (χ3n) is 1.99. The van der Waals surface area contributed by atoms with Crippen LogP contribution in [-0.4, -0.2) is 21.2 Å². The summed E-state index contributed by atoms with van der Waals surface area (Å²) in [6, 6.07) is 0. The lowest BCUT2D eigenvalue weighted by Gasteiger charge is -2.06. The first-order valence-corrected chi connectivity index (χ1v) is 5.11. The zero-order valence-corrected chi connectivity index (χ0v) is 9.19. The SMILES string of the molecule is Nc1nc(C2CC2)nc(OC(=O)O)c1Br. The quantitative estimate of drug-likeness (QED) is 0.797. The van der Waals surface area contributed by atoms with Gasteiger partial charge in [0.05, 0.1) is 0 Å². The molecule has 15 heavy (non-hydrogen) atoms. The molecule has 1 aromatic heterocycles. The maximum absolute atomic E-state index is 10.4. The molecular weight excluding hydrogens is 266 g/mol. The molecule has 3 N–H and O–H groups in total. The summed E-state index contributed by atoms with van der Waals surface area (Å²) in [6.07, 6.45) is 0.594. The first-order valence-electron chi connectivity index (χ1n) is 4.31. The van der Waals surface area contributed by atoms with Crippen LogP contribution in [0.3, 0.4) is 0 Å². The number of aromatic nitrogens is 2. The Bertz CT molecular complexity index is 420. The molecule has 80 valence electrons. The molecular formula is C8H8BrN3O3. The lowest BCUT2D eigenvalue weighted by molar-refractivity contribution is 0.142. The van der Waals surface area contributed by atoms with E-state index in [1.54, 1.807) is 0 Å². The minimum absolute atomic E-state index is 0.0445. The van der Waals surface area contributed by atoms with Gasteiger partial charge >= 0.3 is 6.16 Å². The van der Waals surface area contributed by atoms with Crippen molar-refractivity contribution >= 4 is 27.9 Å². The van der Waals surface area contributed by atoms with Crippen LogP contribution in [0, 0.1) is 0 Å². The van der Waals surface area contributed by atoms with Gasteiger partial charge in [0.2, 0.25) is 5.88 Å². The molecule has 0 saturated heterocycles. The Morgan fingerprint density at radius 3 is 2.73 bits per heavy atom. The fraction of sp³-hybridized carbons (Fsp3) is 0.375.